The Bertz CT molecular complexity index is 769. The van der Waals surface area contributed by atoms with Crippen molar-refractivity contribution in [2.45, 2.75) is 46.7 Å². The molecule has 1 heterocycles. The fourth-order valence-corrected chi connectivity index (χ4v) is 3.28. The fourth-order valence-electron chi connectivity index (χ4n) is 2.68. The van der Waals surface area contributed by atoms with Gasteiger partial charge in [0, 0.05) is 31.1 Å². The summed E-state index contributed by atoms with van der Waals surface area (Å²) in [6.45, 7) is 8.98. The number of carbonyl (C=O) groups excluding carboxylic acids is 1. The molecule has 0 spiro atoms. The molecule has 152 valence electrons. The summed E-state index contributed by atoms with van der Waals surface area (Å²) in [4.78, 5) is 23.4. The first kappa shape index (κ1) is 21.9. The number of aryl methyl sites for hydroxylation is 1. The molecule has 0 bridgehead atoms. The molecule has 7 heteroatoms. The third-order valence-electron chi connectivity index (χ3n) is 4.21. The first-order valence-electron chi connectivity index (χ1n) is 9.81. The highest BCUT2D eigenvalue weighted by Crippen LogP contribution is 2.10. The molecule has 0 unspecified atom stereocenters. The number of hydrogen-bond acceptors (Lipinski definition) is 4. The summed E-state index contributed by atoms with van der Waals surface area (Å²) in [7, 11) is 2.01. The largest absolute Gasteiger partial charge is 0.357 e. The van der Waals surface area contributed by atoms with E-state index in [2.05, 4.69) is 39.7 Å². The van der Waals surface area contributed by atoms with Gasteiger partial charge in [0.2, 0.25) is 0 Å². The number of aromatic nitrogens is 1. The van der Waals surface area contributed by atoms with Gasteiger partial charge in [-0.2, -0.15) is 0 Å². The number of nitrogens with one attached hydrogen (secondary N) is 2. The maximum atomic E-state index is 12.1. The first-order chi connectivity index (χ1) is 13.5. The summed E-state index contributed by atoms with van der Waals surface area (Å²) < 4.78 is 0. The first-order valence-corrected chi connectivity index (χ1v) is 10.7. The Labute approximate surface area is 172 Å². The van der Waals surface area contributed by atoms with Gasteiger partial charge in [-0.3, -0.25) is 4.79 Å². The van der Waals surface area contributed by atoms with Gasteiger partial charge in [-0.1, -0.05) is 25.5 Å². The molecule has 2 N–H and O–H groups in total. The van der Waals surface area contributed by atoms with Crippen LogP contribution >= 0.6 is 11.3 Å². The number of aliphatic imine (C=N–C) groups is 1. The Kier molecular flexibility index (Phi) is 8.94. The smallest absolute Gasteiger partial charge is 0.251 e. The number of benzene rings is 1. The molecule has 0 fully saturated rings. The molecule has 0 aliphatic heterocycles. The highest BCUT2D eigenvalue weighted by Gasteiger charge is 2.09. The quantitative estimate of drug-likeness (QED) is 0.383. The van der Waals surface area contributed by atoms with Crippen molar-refractivity contribution in [2.24, 2.45) is 4.99 Å². The number of carbonyl (C=O) groups is 1. The number of amides is 1. The van der Waals surface area contributed by atoms with Crippen molar-refractivity contribution in [3.63, 3.8) is 0 Å². The molecule has 0 aliphatic carbocycles. The van der Waals surface area contributed by atoms with Crippen molar-refractivity contribution < 1.29 is 4.79 Å². The summed E-state index contributed by atoms with van der Waals surface area (Å²) in [6.07, 6.45) is 2.07. The Morgan fingerprint density at radius 3 is 2.57 bits per heavy atom. The normalized spacial score (nSPS) is 11.4. The zero-order valence-corrected chi connectivity index (χ0v) is 18.1. The molecule has 0 saturated heterocycles. The lowest BCUT2D eigenvalue weighted by atomic mass is 10.1. The number of unbranched alkanes of at least 4 members (excludes halogenated alkanes) is 1. The van der Waals surface area contributed by atoms with Crippen molar-refractivity contribution in [1.82, 2.24) is 20.5 Å². The number of hydrogen-bond donors (Lipinski definition) is 2. The van der Waals surface area contributed by atoms with E-state index in [4.69, 9.17) is 4.99 Å². The van der Waals surface area contributed by atoms with Gasteiger partial charge in [-0.05, 0) is 38.0 Å². The van der Waals surface area contributed by atoms with Crippen molar-refractivity contribution in [3.05, 3.63) is 51.5 Å². The van der Waals surface area contributed by atoms with Crippen LogP contribution < -0.4 is 10.6 Å². The standard InChI is InChI=1S/C21H31N5OS/c1-5-7-12-23-20(27)18-10-8-17(9-11-18)13-24-21(22-6-2)26(4)14-19-15-28-16(3)25-19/h8-11,15H,5-7,12-14H2,1-4H3,(H,22,24)(H,23,27). The lowest BCUT2D eigenvalue weighted by molar-refractivity contribution is 0.0953. The lowest BCUT2D eigenvalue weighted by Crippen LogP contribution is -2.38. The minimum absolute atomic E-state index is 0.0184. The predicted octanol–water partition coefficient (Wildman–Crippen LogP) is 3.58. The van der Waals surface area contributed by atoms with Crippen molar-refractivity contribution in [3.8, 4) is 0 Å². The molecule has 1 aromatic carbocycles. The second-order valence-corrected chi connectivity index (χ2v) is 7.75. The highest BCUT2D eigenvalue weighted by molar-refractivity contribution is 7.09. The molecule has 0 radical (unpaired) electrons. The summed E-state index contributed by atoms with van der Waals surface area (Å²) in [5.41, 5.74) is 2.80. The molecule has 1 amide bonds. The van der Waals surface area contributed by atoms with Gasteiger partial charge in [0.15, 0.2) is 5.96 Å². The van der Waals surface area contributed by atoms with Gasteiger partial charge < -0.3 is 15.5 Å². The topological polar surface area (TPSA) is 69.6 Å². The van der Waals surface area contributed by atoms with Crippen LogP contribution in [0.5, 0.6) is 0 Å². The van der Waals surface area contributed by atoms with Gasteiger partial charge in [0.1, 0.15) is 0 Å². The molecule has 2 rings (SSSR count). The zero-order chi connectivity index (χ0) is 20.4. The molecule has 0 saturated carbocycles. The minimum atomic E-state index is -0.0184. The van der Waals surface area contributed by atoms with E-state index in [9.17, 15) is 4.79 Å². The Balaban J connectivity index is 1.96. The molecule has 2 aromatic rings. The van der Waals surface area contributed by atoms with Gasteiger partial charge in [-0.15, -0.1) is 11.3 Å². The second kappa shape index (κ2) is 11.4. The van der Waals surface area contributed by atoms with Crippen LogP contribution in [0.25, 0.3) is 0 Å². The van der Waals surface area contributed by atoms with E-state index in [0.717, 1.165) is 48.2 Å². The van der Waals surface area contributed by atoms with Crippen LogP contribution in [0.2, 0.25) is 0 Å². The Morgan fingerprint density at radius 1 is 1.21 bits per heavy atom. The average molecular weight is 402 g/mol. The van der Waals surface area contributed by atoms with Gasteiger partial charge in [0.05, 0.1) is 23.8 Å². The number of nitrogens with zero attached hydrogens (tertiary/aromatic N) is 3. The average Bonchev–Trinajstić information content (AvgIpc) is 3.10. The monoisotopic (exact) mass is 401 g/mol. The molecule has 28 heavy (non-hydrogen) atoms. The Hall–Kier alpha value is -2.41. The van der Waals surface area contributed by atoms with E-state index in [-0.39, 0.29) is 5.91 Å². The van der Waals surface area contributed by atoms with Crippen LogP contribution in [0, 0.1) is 6.92 Å². The van der Waals surface area contributed by atoms with Gasteiger partial charge in [0.25, 0.3) is 5.91 Å². The SMILES string of the molecule is CCCCNC(=O)c1ccc(CN=C(NCC)N(C)Cc2csc(C)n2)cc1. The van der Waals surface area contributed by atoms with Gasteiger partial charge >= 0.3 is 0 Å². The van der Waals surface area contributed by atoms with E-state index >= 15 is 0 Å². The van der Waals surface area contributed by atoms with E-state index in [1.807, 2.05) is 38.2 Å². The van der Waals surface area contributed by atoms with E-state index in [1.165, 1.54) is 0 Å². The second-order valence-electron chi connectivity index (χ2n) is 6.69. The van der Waals surface area contributed by atoms with Crippen molar-refractivity contribution >= 4 is 23.2 Å². The van der Waals surface area contributed by atoms with Crippen LogP contribution in [0.4, 0.5) is 0 Å². The van der Waals surface area contributed by atoms with Crippen LogP contribution in [0.3, 0.4) is 0 Å². The maximum Gasteiger partial charge on any atom is 0.251 e. The number of guanidine groups is 1. The number of thiazole rings is 1. The lowest BCUT2D eigenvalue weighted by Gasteiger charge is -2.21. The van der Waals surface area contributed by atoms with Crippen molar-refractivity contribution in [1.29, 1.82) is 0 Å². The highest BCUT2D eigenvalue weighted by atomic mass is 32.1. The Morgan fingerprint density at radius 2 is 1.96 bits per heavy atom. The van der Waals surface area contributed by atoms with E-state index in [0.29, 0.717) is 18.7 Å². The van der Waals surface area contributed by atoms with Crippen LogP contribution in [0.15, 0.2) is 34.6 Å². The van der Waals surface area contributed by atoms with E-state index < -0.39 is 0 Å². The maximum absolute atomic E-state index is 12.1. The van der Waals surface area contributed by atoms with E-state index in [1.54, 1.807) is 11.3 Å². The third-order valence-corrected chi connectivity index (χ3v) is 5.03. The molecule has 0 atom stereocenters. The third kappa shape index (κ3) is 6.96. The molecule has 0 aliphatic rings. The molecular formula is C21H31N5OS. The van der Waals surface area contributed by atoms with Crippen molar-refractivity contribution in [2.75, 3.05) is 20.1 Å². The van der Waals surface area contributed by atoms with Crippen LogP contribution in [-0.2, 0) is 13.1 Å². The molecule has 6 nitrogen and oxygen atoms in total. The number of rotatable bonds is 9. The summed E-state index contributed by atoms with van der Waals surface area (Å²) in [5.74, 6) is 0.824. The predicted molar refractivity (Wildman–Crippen MR) is 117 cm³/mol. The minimum Gasteiger partial charge on any atom is -0.357 e. The summed E-state index contributed by atoms with van der Waals surface area (Å²) in [6, 6.07) is 7.65. The summed E-state index contributed by atoms with van der Waals surface area (Å²) >= 11 is 1.66. The molecule has 1 aromatic heterocycles. The van der Waals surface area contributed by atoms with Crippen LogP contribution in [-0.4, -0.2) is 41.9 Å². The van der Waals surface area contributed by atoms with Crippen LogP contribution in [0.1, 0.15) is 53.3 Å². The zero-order valence-electron chi connectivity index (χ0n) is 17.3. The fraction of sp³-hybridized carbons (Fsp3) is 0.476. The summed E-state index contributed by atoms with van der Waals surface area (Å²) in [5, 5.41) is 9.42. The van der Waals surface area contributed by atoms with Gasteiger partial charge in [-0.25, -0.2) is 9.98 Å². The molecular weight excluding hydrogens is 370 g/mol.